The number of rotatable bonds is 6. The number of nitriles is 1. The van der Waals surface area contributed by atoms with E-state index in [0.29, 0.717) is 11.1 Å². The van der Waals surface area contributed by atoms with Crippen molar-refractivity contribution in [3.63, 3.8) is 0 Å². The van der Waals surface area contributed by atoms with E-state index in [2.05, 4.69) is 19.9 Å². The Morgan fingerprint density at radius 2 is 1.68 bits per heavy atom. The van der Waals surface area contributed by atoms with E-state index in [4.69, 9.17) is 14.7 Å². The summed E-state index contributed by atoms with van der Waals surface area (Å²) in [6, 6.07) is 12.8. The minimum atomic E-state index is -4.82. The average Bonchev–Trinajstić information content (AvgIpc) is 2.74. The third-order valence-corrected chi connectivity index (χ3v) is 3.67. The van der Waals surface area contributed by atoms with Gasteiger partial charge < -0.3 is 14.2 Å². The van der Waals surface area contributed by atoms with Gasteiger partial charge in [-0.3, -0.25) is 0 Å². The second-order valence-electron chi connectivity index (χ2n) is 5.82. The number of hydrogen-bond donors (Lipinski definition) is 0. The van der Waals surface area contributed by atoms with Gasteiger partial charge in [0.25, 0.3) is 5.88 Å². The van der Waals surface area contributed by atoms with Gasteiger partial charge in [-0.25, -0.2) is 4.79 Å². The minimum Gasteiger partial charge on any atom is -0.461 e. The Kier molecular flexibility index (Phi) is 6.30. The quantitative estimate of drug-likeness (QED) is 0.534. The maximum absolute atomic E-state index is 12.3. The van der Waals surface area contributed by atoms with E-state index in [9.17, 15) is 18.0 Å². The van der Waals surface area contributed by atoms with E-state index < -0.39 is 18.1 Å². The highest BCUT2D eigenvalue weighted by Crippen LogP contribution is 2.28. The molecule has 1 aromatic heterocycles. The Hall–Kier alpha value is -4.20. The highest BCUT2D eigenvalue weighted by molar-refractivity contribution is 5.89. The minimum absolute atomic E-state index is 0.00440. The number of halogens is 3. The Balaban J connectivity index is 1.94. The van der Waals surface area contributed by atoms with Crippen LogP contribution in [0.2, 0.25) is 0 Å². The summed E-state index contributed by atoms with van der Waals surface area (Å²) in [5, 5.41) is 16.5. The molecule has 0 aliphatic heterocycles. The molecule has 0 amide bonds. The van der Waals surface area contributed by atoms with Crippen LogP contribution in [0, 0.1) is 11.3 Å². The number of esters is 1. The van der Waals surface area contributed by atoms with Crippen LogP contribution in [0.3, 0.4) is 0 Å². The fourth-order valence-corrected chi connectivity index (χ4v) is 2.35. The summed E-state index contributed by atoms with van der Waals surface area (Å²) in [6.07, 6.45) is -4.82. The Bertz CT molecular complexity index is 1110. The molecule has 0 N–H and O–H groups in total. The number of alkyl halides is 3. The Morgan fingerprint density at radius 3 is 2.26 bits per heavy atom. The normalized spacial score (nSPS) is 10.8. The first-order valence-corrected chi connectivity index (χ1v) is 8.75. The van der Waals surface area contributed by atoms with Gasteiger partial charge in [-0.2, -0.15) is 10.2 Å². The van der Waals surface area contributed by atoms with Crippen molar-refractivity contribution in [3.05, 3.63) is 59.8 Å². The van der Waals surface area contributed by atoms with Crippen LogP contribution >= 0.6 is 0 Å². The van der Waals surface area contributed by atoms with Crippen LogP contribution in [0.1, 0.15) is 23.0 Å². The van der Waals surface area contributed by atoms with Gasteiger partial charge in [0.15, 0.2) is 5.82 Å². The lowest BCUT2D eigenvalue weighted by atomic mass is 10.2. The van der Waals surface area contributed by atoms with Crippen molar-refractivity contribution in [2.75, 3.05) is 6.61 Å². The van der Waals surface area contributed by atoms with Gasteiger partial charge in [-0.1, -0.05) is 0 Å². The molecule has 0 fully saturated rings. The second kappa shape index (κ2) is 9.08. The lowest BCUT2D eigenvalue weighted by Gasteiger charge is -2.11. The molecule has 3 aromatic rings. The van der Waals surface area contributed by atoms with Crippen molar-refractivity contribution < 1.29 is 32.2 Å². The molecule has 0 bridgehead atoms. The van der Waals surface area contributed by atoms with E-state index >= 15 is 0 Å². The van der Waals surface area contributed by atoms with Crippen molar-refractivity contribution in [2.24, 2.45) is 0 Å². The lowest BCUT2D eigenvalue weighted by Crippen LogP contribution is -2.17. The second-order valence-corrected chi connectivity index (χ2v) is 5.82. The summed E-state index contributed by atoms with van der Waals surface area (Å²) in [6.45, 7) is 1.69. The molecule has 0 saturated carbocycles. The van der Waals surface area contributed by atoms with Crippen molar-refractivity contribution in [2.45, 2.75) is 13.3 Å². The molecule has 0 aliphatic carbocycles. The van der Waals surface area contributed by atoms with E-state index in [1.807, 2.05) is 6.07 Å². The zero-order valence-corrected chi connectivity index (χ0v) is 15.9. The fourth-order valence-electron chi connectivity index (χ4n) is 2.35. The smallest absolute Gasteiger partial charge is 0.461 e. The van der Waals surface area contributed by atoms with Gasteiger partial charge in [-0.15, -0.1) is 23.4 Å². The first kappa shape index (κ1) is 21.5. The van der Waals surface area contributed by atoms with Gasteiger partial charge in [0, 0.05) is 5.56 Å². The molecule has 2 aromatic carbocycles. The maximum atomic E-state index is 12.3. The third-order valence-electron chi connectivity index (χ3n) is 3.67. The number of carbonyl (C=O) groups excluding carboxylic acids is 1. The monoisotopic (exact) mass is 430 g/mol. The van der Waals surface area contributed by atoms with Crippen LogP contribution in [0.5, 0.6) is 17.4 Å². The zero-order chi connectivity index (χ0) is 22.4. The van der Waals surface area contributed by atoms with Crippen LogP contribution in [-0.4, -0.2) is 34.1 Å². The largest absolute Gasteiger partial charge is 0.573 e. The zero-order valence-electron chi connectivity index (χ0n) is 15.9. The van der Waals surface area contributed by atoms with E-state index in [1.54, 1.807) is 6.92 Å². The van der Waals surface area contributed by atoms with Crippen molar-refractivity contribution in [1.82, 2.24) is 15.2 Å². The molecular weight excluding hydrogens is 417 g/mol. The summed E-state index contributed by atoms with van der Waals surface area (Å²) >= 11 is 0. The van der Waals surface area contributed by atoms with Gasteiger partial charge in [0.05, 0.1) is 18.2 Å². The molecular formula is C20H13F3N4O4. The van der Waals surface area contributed by atoms with Gasteiger partial charge in [-0.05, 0) is 55.5 Å². The molecule has 8 nitrogen and oxygen atoms in total. The van der Waals surface area contributed by atoms with Crippen molar-refractivity contribution in [1.29, 1.82) is 5.26 Å². The standard InChI is InChI=1S/C20H13F3N4O4/c1-2-29-19(28)16-18(30-14-7-3-12(11-24)4-8-14)25-17(27-26-16)13-5-9-15(10-6-13)31-20(21,22)23/h3-10H,2H2,1H3. The van der Waals surface area contributed by atoms with Crippen LogP contribution < -0.4 is 9.47 Å². The molecule has 0 spiro atoms. The van der Waals surface area contributed by atoms with E-state index in [-0.39, 0.29) is 29.8 Å². The number of benzene rings is 2. The van der Waals surface area contributed by atoms with E-state index in [0.717, 1.165) is 12.1 Å². The Morgan fingerprint density at radius 1 is 1.03 bits per heavy atom. The highest BCUT2D eigenvalue weighted by Gasteiger charge is 2.31. The molecule has 31 heavy (non-hydrogen) atoms. The van der Waals surface area contributed by atoms with E-state index in [1.165, 1.54) is 36.4 Å². The molecule has 3 rings (SSSR count). The maximum Gasteiger partial charge on any atom is 0.573 e. The average molecular weight is 430 g/mol. The third kappa shape index (κ3) is 5.66. The first-order chi connectivity index (χ1) is 14.8. The fraction of sp³-hybridized carbons (Fsp3) is 0.150. The summed E-state index contributed by atoms with van der Waals surface area (Å²) in [7, 11) is 0. The van der Waals surface area contributed by atoms with Gasteiger partial charge in [0.1, 0.15) is 11.5 Å². The molecule has 0 saturated heterocycles. The number of carbonyl (C=O) groups is 1. The SMILES string of the molecule is CCOC(=O)c1nnc(-c2ccc(OC(F)(F)F)cc2)nc1Oc1ccc(C#N)cc1. The summed E-state index contributed by atoms with van der Waals surface area (Å²) in [5.41, 5.74) is 0.426. The number of nitrogens with zero attached hydrogens (tertiary/aromatic N) is 4. The lowest BCUT2D eigenvalue weighted by molar-refractivity contribution is -0.274. The predicted molar refractivity (Wildman–Crippen MR) is 99.1 cm³/mol. The van der Waals surface area contributed by atoms with Crippen LogP contribution in [-0.2, 0) is 4.74 Å². The van der Waals surface area contributed by atoms with Crippen molar-refractivity contribution >= 4 is 5.97 Å². The molecule has 11 heteroatoms. The Labute approximate surface area is 173 Å². The number of aromatic nitrogens is 3. The summed E-state index contributed by atoms with van der Waals surface area (Å²) in [4.78, 5) is 16.3. The predicted octanol–water partition coefficient (Wildman–Crippen LogP) is 4.28. The first-order valence-electron chi connectivity index (χ1n) is 8.75. The summed E-state index contributed by atoms with van der Waals surface area (Å²) < 4.78 is 51.3. The molecule has 1 heterocycles. The van der Waals surface area contributed by atoms with Crippen LogP contribution in [0.4, 0.5) is 13.2 Å². The van der Waals surface area contributed by atoms with Crippen LogP contribution in [0.25, 0.3) is 11.4 Å². The molecule has 0 radical (unpaired) electrons. The van der Waals surface area contributed by atoms with Gasteiger partial charge >= 0.3 is 12.3 Å². The number of hydrogen-bond acceptors (Lipinski definition) is 8. The van der Waals surface area contributed by atoms with Crippen molar-refractivity contribution in [3.8, 4) is 34.8 Å². The number of ether oxygens (including phenoxy) is 3. The topological polar surface area (TPSA) is 107 Å². The van der Waals surface area contributed by atoms with Crippen LogP contribution in [0.15, 0.2) is 48.5 Å². The van der Waals surface area contributed by atoms with Gasteiger partial charge in [0.2, 0.25) is 5.69 Å². The molecule has 0 aliphatic rings. The molecule has 0 unspecified atom stereocenters. The summed E-state index contributed by atoms with van der Waals surface area (Å²) in [5.74, 6) is -1.18. The highest BCUT2D eigenvalue weighted by atomic mass is 19.4. The molecule has 158 valence electrons. The molecule has 0 atom stereocenters.